The number of benzene rings is 2. The van der Waals surface area contributed by atoms with Crippen LogP contribution < -0.4 is 4.74 Å². The first-order chi connectivity index (χ1) is 13.8. The van der Waals surface area contributed by atoms with Gasteiger partial charge in [0.05, 0.1) is 0 Å². The van der Waals surface area contributed by atoms with Crippen molar-refractivity contribution in [1.82, 2.24) is 9.80 Å². The molecule has 0 bridgehead atoms. The van der Waals surface area contributed by atoms with E-state index in [2.05, 4.69) is 4.74 Å². The summed E-state index contributed by atoms with van der Waals surface area (Å²) in [6.07, 6.45) is -3.61. The quantitative estimate of drug-likeness (QED) is 0.758. The molecule has 1 aliphatic heterocycles. The minimum absolute atomic E-state index is 0.0606. The van der Waals surface area contributed by atoms with Gasteiger partial charge < -0.3 is 14.5 Å². The average molecular weight is 406 g/mol. The summed E-state index contributed by atoms with van der Waals surface area (Å²) in [5.41, 5.74) is 0.735. The van der Waals surface area contributed by atoms with Crippen LogP contribution in [0.4, 0.5) is 13.2 Å². The van der Waals surface area contributed by atoms with Crippen LogP contribution in [-0.4, -0.2) is 47.6 Å². The van der Waals surface area contributed by atoms with Gasteiger partial charge in [0.15, 0.2) is 0 Å². The smallest absolute Gasteiger partial charge is 0.405 e. The van der Waals surface area contributed by atoms with Crippen molar-refractivity contribution in [2.75, 3.05) is 13.6 Å². The van der Waals surface area contributed by atoms with Crippen LogP contribution in [0.2, 0.25) is 0 Å². The number of rotatable bonds is 5. The Balaban J connectivity index is 1.72. The van der Waals surface area contributed by atoms with Crippen molar-refractivity contribution < 1.29 is 27.5 Å². The van der Waals surface area contributed by atoms with E-state index < -0.39 is 12.4 Å². The van der Waals surface area contributed by atoms with Gasteiger partial charge in [0.1, 0.15) is 11.8 Å². The molecule has 2 aromatic rings. The van der Waals surface area contributed by atoms with Gasteiger partial charge in [-0.3, -0.25) is 9.59 Å². The largest absolute Gasteiger partial charge is 0.573 e. The molecule has 0 spiro atoms. The molecule has 8 heteroatoms. The highest BCUT2D eigenvalue weighted by molar-refractivity contribution is 5.97. The van der Waals surface area contributed by atoms with Crippen LogP contribution in [0.25, 0.3) is 0 Å². The number of hydrogen-bond acceptors (Lipinski definition) is 3. The Hall–Kier alpha value is -3.03. The average Bonchev–Trinajstić information content (AvgIpc) is 3.17. The molecule has 2 aromatic carbocycles. The normalized spacial score (nSPS) is 16.6. The summed E-state index contributed by atoms with van der Waals surface area (Å²) in [7, 11) is 1.51. The van der Waals surface area contributed by atoms with E-state index in [0.717, 1.165) is 0 Å². The van der Waals surface area contributed by atoms with E-state index in [0.29, 0.717) is 24.9 Å². The lowest BCUT2D eigenvalue weighted by Gasteiger charge is -2.28. The van der Waals surface area contributed by atoms with Crippen molar-refractivity contribution in [3.05, 3.63) is 65.7 Å². The number of amides is 2. The van der Waals surface area contributed by atoms with Gasteiger partial charge in [0, 0.05) is 31.3 Å². The third-order valence-electron chi connectivity index (χ3n) is 4.80. The number of carbonyl (C=O) groups is 2. The molecule has 1 unspecified atom stereocenters. The standard InChI is InChI=1S/C21H21F3N2O3/c1-25(14-16-10-5-6-12-18(16)29-21(22,23)24)20(28)17-11-7-13-26(17)19(27)15-8-3-2-4-9-15/h2-6,8-10,12,17H,7,11,13-14H2,1H3. The van der Waals surface area contributed by atoms with Gasteiger partial charge in [-0.25, -0.2) is 0 Å². The summed E-state index contributed by atoms with van der Waals surface area (Å²) in [6, 6.07) is 13.8. The third kappa shape index (κ3) is 5.07. The number of carbonyl (C=O) groups excluding carboxylic acids is 2. The second-order valence-corrected chi connectivity index (χ2v) is 6.87. The maximum absolute atomic E-state index is 13.0. The van der Waals surface area contributed by atoms with Crippen LogP contribution in [0.3, 0.4) is 0 Å². The fourth-order valence-electron chi connectivity index (χ4n) is 3.46. The molecule has 0 saturated carbocycles. The summed E-state index contributed by atoms with van der Waals surface area (Å²) in [5, 5.41) is 0. The molecule has 2 amide bonds. The minimum Gasteiger partial charge on any atom is -0.405 e. The first kappa shape index (κ1) is 20.7. The topological polar surface area (TPSA) is 49.9 Å². The van der Waals surface area contributed by atoms with Gasteiger partial charge in [0.25, 0.3) is 5.91 Å². The molecule has 0 aliphatic carbocycles. The van der Waals surface area contributed by atoms with Crippen LogP contribution >= 0.6 is 0 Å². The highest BCUT2D eigenvalue weighted by Crippen LogP contribution is 2.28. The first-order valence-electron chi connectivity index (χ1n) is 9.21. The number of para-hydroxylation sites is 1. The first-order valence-corrected chi connectivity index (χ1v) is 9.21. The second kappa shape index (κ2) is 8.55. The number of likely N-dealkylation sites (tertiary alicyclic amines) is 1. The van der Waals surface area contributed by atoms with E-state index in [-0.39, 0.29) is 29.7 Å². The molecule has 29 heavy (non-hydrogen) atoms. The fourth-order valence-corrected chi connectivity index (χ4v) is 3.46. The van der Waals surface area contributed by atoms with Crippen molar-refractivity contribution in [3.63, 3.8) is 0 Å². The predicted octanol–water partition coefficient (Wildman–Crippen LogP) is 3.85. The maximum atomic E-state index is 13.0. The lowest BCUT2D eigenvalue weighted by Crippen LogP contribution is -2.46. The molecule has 3 rings (SSSR count). The van der Waals surface area contributed by atoms with Gasteiger partial charge in [-0.1, -0.05) is 36.4 Å². The van der Waals surface area contributed by atoms with Crippen molar-refractivity contribution in [3.8, 4) is 5.75 Å². The number of nitrogens with zero attached hydrogens (tertiary/aromatic N) is 2. The molecule has 1 saturated heterocycles. The zero-order valence-corrected chi connectivity index (χ0v) is 15.9. The summed E-state index contributed by atoms with van der Waals surface area (Å²) in [4.78, 5) is 28.6. The van der Waals surface area contributed by atoms with Gasteiger partial charge >= 0.3 is 6.36 Å². The number of alkyl halides is 3. The van der Waals surface area contributed by atoms with Crippen LogP contribution in [0.15, 0.2) is 54.6 Å². The Bertz CT molecular complexity index is 871. The Morgan fingerprint density at radius 3 is 2.45 bits per heavy atom. The summed E-state index contributed by atoms with van der Waals surface area (Å²) < 4.78 is 41.9. The van der Waals surface area contributed by atoms with Crippen molar-refractivity contribution in [2.24, 2.45) is 0 Å². The number of halogens is 3. The van der Waals surface area contributed by atoms with Crippen molar-refractivity contribution in [2.45, 2.75) is 31.8 Å². The van der Waals surface area contributed by atoms with Crippen LogP contribution in [0.5, 0.6) is 5.75 Å². The molecule has 1 atom stereocenters. The Morgan fingerprint density at radius 1 is 1.10 bits per heavy atom. The fraction of sp³-hybridized carbons (Fsp3) is 0.333. The SMILES string of the molecule is CN(Cc1ccccc1OC(F)(F)F)C(=O)C1CCCN1C(=O)c1ccccc1. The summed E-state index contributed by atoms with van der Waals surface area (Å²) in [6.45, 7) is 0.403. The van der Waals surface area contributed by atoms with E-state index in [9.17, 15) is 22.8 Å². The predicted molar refractivity (Wildman–Crippen MR) is 100 cm³/mol. The van der Waals surface area contributed by atoms with Gasteiger partial charge in [0.2, 0.25) is 5.91 Å². The molecule has 154 valence electrons. The zero-order chi connectivity index (χ0) is 21.0. The second-order valence-electron chi connectivity index (χ2n) is 6.87. The molecule has 0 radical (unpaired) electrons. The highest BCUT2D eigenvalue weighted by Gasteiger charge is 2.36. The van der Waals surface area contributed by atoms with Crippen LogP contribution in [0.1, 0.15) is 28.8 Å². The van der Waals surface area contributed by atoms with Gasteiger partial charge in [-0.05, 0) is 31.0 Å². The van der Waals surface area contributed by atoms with E-state index in [1.54, 1.807) is 36.4 Å². The van der Waals surface area contributed by atoms with Gasteiger partial charge in [-0.2, -0.15) is 0 Å². The van der Waals surface area contributed by atoms with E-state index in [4.69, 9.17) is 0 Å². The molecule has 1 fully saturated rings. The van der Waals surface area contributed by atoms with E-state index in [1.807, 2.05) is 0 Å². The van der Waals surface area contributed by atoms with Gasteiger partial charge in [-0.15, -0.1) is 13.2 Å². The Morgan fingerprint density at radius 2 is 1.76 bits per heavy atom. The monoisotopic (exact) mass is 406 g/mol. The summed E-state index contributed by atoms with van der Waals surface area (Å²) >= 11 is 0. The van der Waals surface area contributed by atoms with Crippen LogP contribution in [0, 0.1) is 0 Å². The Labute approximate surface area is 166 Å². The highest BCUT2D eigenvalue weighted by atomic mass is 19.4. The maximum Gasteiger partial charge on any atom is 0.573 e. The molecular formula is C21H21F3N2O3. The molecule has 5 nitrogen and oxygen atoms in total. The molecule has 1 heterocycles. The Kier molecular flexibility index (Phi) is 6.10. The molecule has 0 aromatic heterocycles. The number of likely N-dealkylation sites (N-methyl/N-ethyl adjacent to an activating group) is 1. The molecular weight excluding hydrogens is 385 g/mol. The molecule has 0 N–H and O–H groups in total. The van der Waals surface area contributed by atoms with E-state index in [1.165, 1.54) is 35.0 Å². The third-order valence-corrected chi connectivity index (χ3v) is 4.80. The lowest BCUT2D eigenvalue weighted by molar-refractivity contribution is -0.275. The van der Waals surface area contributed by atoms with Crippen molar-refractivity contribution >= 4 is 11.8 Å². The minimum atomic E-state index is -4.82. The molecule has 1 aliphatic rings. The van der Waals surface area contributed by atoms with Crippen LogP contribution in [-0.2, 0) is 11.3 Å². The summed E-state index contributed by atoms with van der Waals surface area (Å²) in [5.74, 6) is -0.882. The van der Waals surface area contributed by atoms with E-state index >= 15 is 0 Å². The number of hydrogen-bond donors (Lipinski definition) is 0. The number of ether oxygens (including phenoxy) is 1. The lowest BCUT2D eigenvalue weighted by atomic mass is 10.1. The zero-order valence-electron chi connectivity index (χ0n) is 15.9. The van der Waals surface area contributed by atoms with Crippen molar-refractivity contribution in [1.29, 1.82) is 0 Å².